The third kappa shape index (κ3) is 2.90. The first-order valence-corrected chi connectivity index (χ1v) is 6.41. The van der Waals surface area contributed by atoms with E-state index in [0.717, 1.165) is 26.1 Å². The second-order valence-electron chi connectivity index (χ2n) is 4.54. The van der Waals surface area contributed by atoms with Crippen LogP contribution in [0.15, 0.2) is 17.4 Å². The Kier molecular flexibility index (Phi) is 4.44. The van der Waals surface area contributed by atoms with Crippen molar-refractivity contribution in [1.82, 2.24) is 4.98 Å². The van der Waals surface area contributed by atoms with Gasteiger partial charge in [0.15, 0.2) is 5.84 Å². The number of ether oxygens (including phenoxy) is 1. The molecule has 104 valence electrons. The number of rotatable bonds is 4. The van der Waals surface area contributed by atoms with Crippen molar-refractivity contribution in [1.29, 1.82) is 0 Å². The van der Waals surface area contributed by atoms with Gasteiger partial charge in [0.25, 0.3) is 0 Å². The van der Waals surface area contributed by atoms with E-state index in [1.54, 1.807) is 19.4 Å². The van der Waals surface area contributed by atoms with E-state index < -0.39 is 0 Å². The summed E-state index contributed by atoms with van der Waals surface area (Å²) in [5.41, 5.74) is 6.08. The molecule has 1 atom stereocenters. The zero-order valence-electron chi connectivity index (χ0n) is 10.7. The molecule has 1 fully saturated rings. The zero-order chi connectivity index (χ0) is 13.8. The van der Waals surface area contributed by atoms with Gasteiger partial charge in [-0.15, -0.1) is 0 Å². The fourth-order valence-electron chi connectivity index (χ4n) is 2.30. The molecule has 1 unspecified atom stereocenters. The van der Waals surface area contributed by atoms with Crippen LogP contribution in [0.2, 0.25) is 5.02 Å². The summed E-state index contributed by atoms with van der Waals surface area (Å²) in [5.74, 6) is 1.14. The molecule has 1 saturated heterocycles. The standard InChI is InChI=1S/C12H17ClN4O2/c1-19-7-8-3-5-17(6-8)12-10(13)9(2-4-15-12)11(14)16-18/h2,4,8,18H,3,5-7H2,1H3,(H2,14,16). The molecule has 0 amide bonds. The monoisotopic (exact) mass is 284 g/mol. The predicted molar refractivity (Wildman–Crippen MR) is 74.0 cm³/mol. The van der Waals surface area contributed by atoms with Crippen molar-refractivity contribution in [3.05, 3.63) is 22.8 Å². The Balaban J connectivity index is 2.22. The summed E-state index contributed by atoms with van der Waals surface area (Å²) in [6.07, 6.45) is 2.65. The highest BCUT2D eigenvalue weighted by Gasteiger charge is 2.26. The van der Waals surface area contributed by atoms with E-state index >= 15 is 0 Å². The lowest BCUT2D eigenvalue weighted by molar-refractivity contribution is 0.161. The zero-order valence-corrected chi connectivity index (χ0v) is 11.5. The lowest BCUT2D eigenvalue weighted by Gasteiger charge is -2.19. The summed E-state index contributed by atoms with van der Waals surface area (Å²) in [5, 5.41) is 12.1. The van der Waals surface area contributed by atoms with Crippen molar-refractivity contribution in [2.24, 2.45) is 16.8 Å². The number of anilines is 1. The van der Waals surface area contributed by atoms with Crippen LogP contribution < -0.4 is 10.6 Å². The largest absolute Gasteiger partial charge is 0.409 e. The van der Waals surface area contributed by atoms with Gasteiger partial charge in [-0.3, -0.25) is 0 Å². The van der Waals surface area contributed by atoms with Crippen LogP contribution in [0.25, 0.3) is 0 Å². The second kappa shape index (κ2) is 6.08. The van der Waals surface area contributed by atoms with Gasteiger partial charge in [0.2, 0.25) is 0 Å². The SMILES string of the molecule is COCC1CCN(c2nccc(/C(N)=N/O)c2Cl)C1. The molecular formula is C12H17ClN4O2. The number of oxime groups is 1. The Hall–Kier alpha value is -1.53. The minimum Gasteiger partial charge on any atom is -0.409 e. The number of pyridine rings is 1. The molecule has 0 bridgehead atoms. The molecule has 1 aromatic rings. The van der Waals surface area contributed by atoms with Crippen molar-refractivity contribution in [3.8, 4) is 0 Å². The van der Waals surface area contributed by atoms with Gasteiger partial charge in [0.1, 0.15) is 5.82 Å². The number of hydrogen-bond acceptors (Lipinski definition) is 5. The molecule has 6 nitrogen and oxygen atoms in total. The van der Waals surface area contributed by atoms with Gasteiger partial charge in [-0.1, -0.05) is 16.8 Å². The van der Waals surface area contributed by atoms with E-state index in [1.807, 2.05) is 0 Å². The van der Waals surface area contributed by atoms with E-state index in [1.165, 1.54) is 0 Å². The van der Waals surface area contributed by atoms with Crippen molar-refractivity contribution in [2.45, 2.75) is 6.42 Å². The van der Waals surface area contributed by atoms with Crippen LogP contribution >= 0.6 is 11.6 Å². The minimum atomic E-state index is -0.0127. The first kappa shape index (κ1) is 13.9. The van der Waals surface area contributed by atoms with Crippen LogP contribution in [0.4, 0.5) is 5.82 Å². The van der Waals surface area contributed by atoms with Gasteiger partial charge in [-0.25, -0.2) is 4.98 Å². The lowest BCUT2D eigenvalue weighted by atomic mass is 10.1. The number of hydrogen-bond donors (Lipinski definition) is 2. The molecule has 2 heterocycles. The van der Waals surface area contributed by atoms with Crippen molar-refractivity contribution >= 4 is 23.3 Å². The molecule has 0 saturated carbocycles. The number of nitrogens with zero attached hydrogens (tertiary/aromatic N) is 3. The maximum atomic E-state index is 8.73. The Morgan fingerprint density at radius 1 is 1.74 bits per heavy atom. The maximum Gasteiger partial charge on any atom is 0.171 e. The smallest absolute Gasteiger partial charge is 0.171 e. The van der Waals surface area contributed by atoms with Crippen LogP contribution in [0, 0.1) is 5.92 Å². The highest BCUT2D eigenvalue weighted by molar-refractivity contribution is 6.36. The molecule has 0 aromatic carbocycles. The molecule has 2 rings (SSSR count). The molecular weight excluding hydrogens is 268 g/mol. The minimum absolute atomic E-state index is 0.0127. The van der Waals surface area contributed by atoms with E-state index in [2.05, 4.69) is 15.0 Å². The van der Waals surface area contributed by atoms with Crippen molar-refractivity contribution in [3.63, 3.8) is 0 Å². The maximum absolute atomic E-state index is 8.73. The average Bonchev–Trinajstić information content (AvgIpc) is 2.87. The van der Waals surface area contributed by atoms with Gasteiger partial charge in [-0.2, -0.15) is 0 Å². The number of aromatic nitrogens is 1. The topological polar surface area (TPSA) is 84.0 Å². The summed E-state index contributed by atoms with van der Waals surface area (Å²) in [4.78, 5) is 6.39. The molecule has 1 aliphatic heterocycles. The predicted octanol–water partition coefficient (Wildman–Crippen LogP) is 1.30. The van der Waals surface area contributed by atoms with Crippen molar-refractivity contribution in [2.75, 3.05) is 31.7 Å². The quantitative estimate of drug-likeness (QED) is 0.377. The van der Waals surface area contributed by atoms with Gasteiger partial charge in [0.05, 0.1) is 11.6 Å². The average molecular weight is 285 g/mol. The van der Waals surface area contributed by atoms with Crippen molar-refractivity contribution < 1.29 is 9.94 Å². The van der Waals surface area contributed by atoms with Gasteiger partial charge in [-0.05, 0) is 12.5 Å². The summed E-state index contributed by atoms with van der Waals surface area (Å²) in [6, 6.07) is 1.63. The van der Waals surface area contributed by atoms with E-state index in [0.29, 0.717) is 22.3 Å². The summed E-state index contributed by atoms with van der Waals surface area (Å²) in [7, 11) is 1.70. The second-order valence-corrected chi connectivity index (χ2v) is 4.92. The van der Waals surface area contributed by atoms with E-state index in [9.17, 15) is 0 Å². The van der Waals surface area contributed by atoms with Gasteiger partial charge >= 0.3 is 0 Å². The van der Waals surface area contributed by atoms with Crippen LogP contribution in [0.3, 0.4) is 0 Å². The molecule has 1 aliphatic rings. The number of nitrogens with two attached hydrogens (primary N) is 1. The third-order valence-electron chi connectivity index (χ3n) is 3.24. The molecule has 7 heteroatoms. The van der Waals surface area contributed by atoms with E-state index in [-0.39, 0.29) is 5.84 Å². The Morgan fingerprint density at radius 2 is 2.53 bits per heavy atom. The first-order chi connectivity index (χ1) is 9.17. The molecule has 0 aliphatic carbocycles. The normalized spacial score (nSPS) is 20.0. The molecule has 3 N–H and O–H groups in total. The number of methoxy groups -OCH3 is 1. The highest BCUT2D eigenvalue weighted by atomic mass is 35.5. The highest BCUT2D eigenvalue weighted by Crippen LogP contribution is 2.30. The molecule has 0 spiro atoms. The Morgan fingerprint density at radius 3 is 3.21 bits per heavy atom. The Bertz CT molecular complexity index is 481. The molecule has 0 radical (unpaired) electrons. The number of amidine groups is 1. The van der Waals surface area contributed by atoms with E-state index in [4.69, 9.17) is 27.3 Å². The summed E-state index contributed by atoms with van der Waals surface area (Å²) in [6.45, 7) is 2.45. The van der Waals surface area contributed by atoms with Gasteiger partial charge in [0, 0.05) is 37.9 Å². The van der Waals surface area contributed by atoms with Crippen LogP contribution in [-0.2, 0) is 4.74 Å². The lowest BCUT2D eigenvalue weighted by Crippen LogP contribution is -2.23. The molecule has 1 aromatic heterocycles. The first-order valence-electron chi connectivity index (χ1n) is 6.03. The van der Waals surface area contributed by atoms with Crippen LogP contribution in [0.5, 0.6) is 0 Å². The molecule has 19 heavy (non-hydrogen) atoms. The third-order valence-corrected chi connectivity index (χ3v) is 3.61. The fraction of sp³-hybridized carbons (Fsp3) is 0.500. The Labute approximate surface area is 116 Å². The summed E-state index contributed by atoms with van der Waals surface area (Å²) >= 11 is 6.28. The summed E-state index contributed by atoms with van der Waals surface area (Å²) < 4.78 is 5.17. The number of halogens is 1. The van der Waals surface area contributed by atoms with Gasteiger partial charge < -0.3 is 20.6 Å². The fourth-order valence-corrected chi connectivity index (χ4v) is 2.63. The van der Waals surface area contributed by atoms with Crippen LogP contribution in [0.1, 0.15) is 12.0 Å². The van der Waals surface area contributed by atoms with Crippen LogP contribution in [-0.4, -0.2) is 42.8 Å².